The molecule has 0 bridgehead atoms. The van der Waals surface area contributed by atoms with Crippen molar-refractivity contribution in [1.82, 2.24) is 15.0 Å². The number of aromatic amines is 1. The summed E-state index contributed by atoms with van der Waals surface area (Å²) < 4.78 is 5.27. The number of ether oxygens (including phenoxy) is 1. The van der Waals surface area contributed by atoms with Crippen LogP contribution in [0.15, 0.2) is 18.5 Å². The van der Waals surface area contributed by atoms with Crippen LogP contribution in [0.5, 0.6) is 5.75 Å². The highest BCUT2D eigenvalue weighted by molar-refractivity contribution is 6.11. The van der Waals surface area contributed by atoms with Crippen LogP contribution in [0, 0.1) is 6.92 Å². The second kappa shape index (κ2) is 3.35. The number of H-pyrrole nitrogens is 1. The van der Waals surface area contributed by atoms with Crippen molar-refractivity contribution in [2.45, 2.75) is 6.92 Å². The fraction of sp³-hybridized carbons (Fsp3) is 0.167. The van der Waals surface area contributed by atoms with Crippen molar-refractivity contribution >= 4 is 27.8 Å². The summed E-state index contributed by atoms with van der Waals surface area (Å²) in [5, 5.41) is 1.85. The molecule has 0 spiro atoms. The highest BCUT2D eigenvalue weighted by Crippen LogP contribution is 2.32. The number of nitrogen functional groups attached to an aromatic ring is 1. The summed E-state index contributed by atoms with van der Waals surface area (Å²) in [5.41, 5.74) is 8.77. The molecule has 2 aromatic heterocycles. The lowest BCUT2D eigenvalue weighted by Gasteiger charge is -2.02. The number of hydrogen-bond acceptors (Lipinski definition) is 4. The van der Waals surface area contributed by atoms with Gasteiger partial charge in [0.05, 0.1) is 18.0 Å². The van der Waals surface area contributed by atoms with Crippen molar-refractivity contribution < 1.29 is 4.74 Å². The molecule has 86 valence electrons. The Bertz CT molecular complexity index is 717. The van der Waals surface area contributed by atoms with Gasteiger partial charge in [-0.15, -0.1) is 0 Å². The number of aryl methyl sites for hydroxylation is 1. The Labute approximate surface area is 97.6 Å². The predicted molar refractivity (Wildman–Crippen MR) is 67.1 cm³/mol. The molecule has 0 atom stereocenters. The van der Waals surface area contributed by atoms with E-state index in [1.54, 1.807) is 7.11 Å². The quantitative estimate of drug-likeness (QED) is 0.668. The SMILES string of the molecule is COc1cc(C)c2[nH]c3ncnc(N)c3c2c1. The molecular weight excluding hydrogens is 216 g/mol. The number of nitrogens with two attached hydrogens (primary N) is 1. The van der Waals surface area contributed by atoms with Gasteiger partial charge in [0.2, 0.25) is 0 Å². The number of methoxy groups -OCH3 is 1. The first-order valence-corrected chi connectivity index (χ1v) is 5.27. The van der Waals surface area contributed by atoms with Crippen LogP contribution in [0.1, 0.15) is 5.56 Å². The first-order valence-electron chi connectivity index (χ1n) is 5.27. The maximum Gasteiger partial charge on any atom is 0.143 e. The number of rotatable bonds is 1. The molecule has 0 saturated heterocycles. The predicted octanol–water partition coefficient (Wildman–Crippen LogP) is 2.01. The first kappa shape index (κ1) is 9.89. The van der Waals surface area contributed by atoms with E-state index in [-0.39, 0.29) is 0 Å². The maximum atomic E-state index is 5.90. The monoisotopic (exact) mass is 228 g/mol. The number of hydrogen-bond donors (Lipinski definition) is 2. The van der Waals surface area contributed by atoms with E-state index in [0.29, 0.717) is 5.82 Å². The molecule has 3 rings (SSSR count). The molecule has 3 N–H and O–H groups in total. The highest BCUT2D eigenvalue weighted by atomic mass is 16.5. The fourth-order valence-electron chi connectivity index (χ4n) is 2.11. The number of nitrogens with one attached hydrogen (secondary N) is 1. The Morgan fingerprint density at radius 1 is 1.29 bits per heavy atom. The number of benzene rings is 1. The summed E-state index contributed by atoms with van der Waals surface area (Å²) in [6.45, 7) is 2.02. The first-order chi connectivity index (χ1) is 8.20. The van der Waals surface area contributed by atoms with E-state index < -0.39 is 0 Å². The smallest absolute Gasteiger partial charge is 0.143 e. The van der Waals surface area contributed by atoms with Crippen LogP contribution in [-0.2, 0) is 0 Å². The van der Waals surface area contributed by atoms with Gasteiger partial charge in [-0.25, -0.2) is 9.97 Å². The van der Waals surface area contributed by atoms with Crippen LogP contribution in [0.4, 0.5) is 5.82 Å². The van der Waals surface area contributed by atoms with Gasteiger partial charge in [-0.3, -0.25) is 0 Å². The van der Waals surface area contributed by atoms with Crippen molar-refractivity contribution in [2.75, 3.05) is 12.8 Å². The Morgan fingerprint density at radius 3 is 2.88 bits per heavy atom. The Balaban J connectivity index is 2.54. The van der Waals surface area contributed by atoms with E-state index >= 15 is 0 Å². The minimum absolute atomic E-state index is 0.480. The van der Waals surface area contributed by atoms with Crippen LogP contribution in [0.3, 0.4) is 0 Å². The number of anilines is 1. The van der Waals surface area contributed by atoms with E-state index in [1.165, 1.54) is 6.33 Å². The van der Waals surface area contributed by atoms with Crippen LogP contribution < -0.4 is 10.5 Å². The third-order valence-electron chi connectivity index (χ3n) is 2.93. The number of nitrogens with zero attached hydrogens (tertiary/aromatic N) is 2. The van der Waals surface area contributed by atoms with Gasteiger partial charge in [-0.1, -0.05) is 0 Å². The van der Waals surface area contributed by atoms with Gasteiger partial charge in [0, 0.05) is 5.39 Å². The van der Waals surface area contributed by atoms with Gasteiger partial charge in [0.25, 0.3) is 0 Å². The van der Waals surface area contributed by atoms with Crippen molar-refractivity contribution in [3.8, 4) is 5.75 Å². The summed E-state index contributed by atoms with van der Waals surface area (Å²) in [6, 6.07) is 3.92. The third kappa shape index (κ3) is 1.32. The molecule has 0 radical (unpaired) electrons. The Morgan fingerprint density at radius 2 is 2.12 bits per heavy atom. The summed E-state index contributed by atoms with van der Waals surface area (Å²) in [7, 11) is 1.65. The zero-order chi connectivity index (χ0) is 12.0. The Hall–Kier alpha value is -2.30. The lowest BCUT2D eigenvalue weighted by molar-refractivity contribution is 0.415. The van der Waals surface area contributed by atoms with Crippen LogP contribution in [-0.4, -0.2) is 22.1 Å². The van der Waals surface area contributed by atoms with E-state index in [4.69, 9.17) is 10.5 Å². The minimum atomic E-state index is 0.480. The molecule has 3 aromatic rings. The second-order valence-electron chi connectivity index (χ2n) is 3.97. The number of aromatic nitrogens is 3. The molecule has 0 fully saturated rings. The van der Waals surface area contributed by atoms with Crippen molar-refractivity contribution in [2.24, 2.45) is 0 Å². The molecule has 0 amide bonds. The van der Waals surface area contributed by atoms with Gasteiger partial charge in [0.15, 0.2) is 0 Å². The van der Waals surface area contributed by atoms with Gasteiger partial charge < -0.3 is 15.5 Å². The van der Waals surface area contributed by atoms with Gasteiger partial charge in [-0.05, 0) is 24.6 Å². The van der Waals surface area contributed by atoms with E-state index in [1.807, 2.05) is 19.1 Å². The minimum Gasteiger partial charge on any atom is -0.497 e. The van der Waals surface area contributed by atoms with Gasteiger partial charge >= 0.3 is 0 Å². The summed E-state index contributed by atoms with van der Waals surface area (Å²) in [5.74, 6) is 1.29. The summed E-state index contributed by atoms with van der Waals surface area (Å²) >= 11 is 0. The van der Waals surface area contributed by atoms with Crippen LogP contribution >= 0.6 is 0 Å². The average molecular weight is 228 g/mol. The molecule has 0 unspecified atom stereocenters. The van der Waals surface area contributed by atoms with Crippen molar-refractivity contribution in [1.29, 1.82) is 0 Å². The van der Waals surface area contributed by atoms with Gasteiger partial charge in [0.1, 0.15) is 23.5 Å². The largest absolute Gasteiger partial charge is 0.497 e. The number of fused-ring (bicyclic) bond motifs is 3. The molecule has 0 aliphatic heterocycles. The molecule has 0 saturated carbocycles. The van der Waals surface area contributed by atoms with Gasteiger partial charge in [-0.2, -0.15) is 0 Å². The highest BCUT2D eigenvalue weighted by Gasteiger charge is 2.11. The van der Waals surface area contributed by atoms with E-state index in [9.17, 15) is 0 Å². The molecule has 2 heterocycles. The molecular formula is C12H12N4O. The standard InChI is InChI=1S/C12H12N4O/c1-6-3-7(17-2)4-8-9-11(13)14-5-15-12(9)16-10(6)8/h3-5H,1-2H3,(H3,13,14,15,16). The second-order valence-corrected chi connectivity index (χ2v) is 3.97. The topological polar surface area (TPSA) is 76.8 Å². The lowest BCUT2D eigenvalue weighted by Crippen LogP contribution is -1.91. The normalized spacial score (nSPS) is 11.2. The maximum absolute atomic E-state index is 5.90. The Kier molecular flexibility index (Phi) is 1.95. The van der Waals surface area contributed by atoms with E-state index in [0.717, 1.165) is 33.2 Å². The van der Waals surface area contributed by atoms with Crippen molar-refractivity contribution in [3.05, 3.63) is 24.0 Å². The zero-order valence-corrected chi connectivity index (χ0v) is 9.61. The molecule has 0 aliphatic rings. The molecule has 17 heavy (non-hydrogen) atoms. The lowest BCUT2D eigenvalue weighted by atomic mass is 10.1. The summed E-state index contributed by atoms with van der Waals surface area (Å²) in [6.07, 6.45) is 1.46. The third-order valence-corrected chi connectivity index (χ3v) is 2.93. The molecule has 5 nitrogen and oxygen atoms in total. The van der Waals surface area contributed by atoms with E-state index in [2.05, 4.69) is 15.0 Å². The van der Waals surface area contributed by atoms with Crippen LogP contribution in [0.2, 0.25) is 0 Å². The average Bonchev–Trinajstić information content (AvgIpc) is 2.69. The summed E-state index contributed by atoms with van der Waals surface area (Å²) in [4.78, 5) is 11.5. The van der Waals surface area contributed by atoms with Crippen LogP contribution in [0.25, 0.3) is 21.9 Å². The molecule has 0 aliphatic carbocycles. The zero-order valence-electron chi connectivity index (χ0n) is 9.61. The van der Waals surface area contributed by atoms with Crippen molar-refractivity contribution in [3.63, 3.8) is 0 Å². The fourth-order valence-corrected chi connectivity index (χ4v) is 2.11. The molecule has 1 aromatic carbocycles. The molecule has 5 heteroatoms.